The van der Waals surface area contributed by atoms with Crippen LogP contribution in [0.25, 0.3) is 0 Å². The lowest BCUT2D eigenvalue weighted by atomic mass is 10.1. The van der Waals surface area contributed by atoms with Crippen LogP contribution in [-0.4, -0.2) is 27.8 Å². The Bertz CT molecular complexity index is 279. The number of hydrogen-bond donors (Lipinski definition) is 1. The van der Waals surface area contributed by atoms with Gasteiger partial charge in [0.15, 0.2) is 0 Å². The van der Waals surface area contributed by atoms with Crippen molar-refractivity contribution in [3.8, 4) is 0 Å². The van der Waals surface area contributed by atoms with Crippen LogP contribution < -0.4 is 5.73 Å². The summed E-state index contributed by atoms with van der Waals surface area (Å²) in [6, 6.07) is 2.71. The molecule has 1 aliphatic heterocycles. The number of nitrogens with zero attached hydrogens (tertiary/aromatic N) is 2. The summed E-state index contributed by atoms with van der Waals surface area (Å²) in [4.78, 5) is 0. The lowest BCUT2D eigenvalue weighted by molar-refractivity contribution is 0.413. The molecule has 0 unspecified atom stereocenters. The van der Waals surface area contributed by atoms with E-state index in [1.807, 2.05) is 18.0 Å². The Morgan fingerprint density at radius 2 is 2.29 bits per heavy atom. The van der Waals surface area contributed by atoms with E-state index in [1.165, 1.54) is 30.0 Å². The van der Waals surface area contributed by atoms with Gasteiger partial charge in [0.25, 0.3) is 0 Å². The zero-order valence-electron chi connectivity index (χ0n) is 8.35. The second-order valence-corrected chi connectivity index (χ2v) is 4.87. The van der Waals surface area contributed by atoms with E-state index < -0.39 is 0 Å². The Kier molecular flexibility index (Phi) is 3.48. The van der Waals surface area contributed by atoms with Crippen LogP contribution in [0.4, 0.5) is 0 Å². The summed E-state index contributed by atoms with van der Waals surface area (Å²) in [6.07, 6.45) is 5.35. The Balaban J connectivity index is 2.09. The molecule has 2 N–H and O–H groups in total. The lowest BCUT2D eigenvalue weighted by Gasteiger charge is -2.23. The molecule has 14 heavy (non-hydrogen) atoms. The second kappa shape index (κ2) is 4.84. The van der Waals surface area contributed by atoms with Crippen LogP contribution >= 0.6 is 11.8 Å². The number of thioether (sulfide) groups is 1. The molecule has 2 rings (SSSR count). The van der Waals surface area contributed by atoms with Crippen molar-refractivity contribution < 1.29 is 0 Å². The van der Waals surface area contributed by atoms with Gasteiger partial charge in [-0.3, -0.25) is 4.68 Å². The van der Waals surface area contributed by atoms with Gasteiger partial charge < -0.3 is 5.73 Å². The molecule has 1 aliphatic rings. The largest absolute Gasteiger partial charge is 0.330 e. The predicted octanol–water partition coefficient (Wildman–Crippen LogP) is 1.45. The van der Waals surface area contributed by atoms with Gasteiger partial charge in [0, 0.05) is 18.3 Å². The highest BCUT2D eigenvalue weighted by Gasteiger charge is 2.17. The first-order valence-corrected chi connectivity index (χ1v) is 6.37. The van der Waals surface area contributed by atoms with Crippen molar-refractivity contribution in [1.29, 1.82) is 0 Å². The van der Waals surface area contributed by atoms with Crippen molar-refractivity contribution in [2.45, 2.75) is 25.3 Å². The van der Waals surface area contributed by atoms with Gasteiger partial charge in [0.2, 0.25) is 0 Å². The minimum absolute atomic E-state index is 0.618. The van der Waals surface area contributed by atoms with E-state index in [4.69, 9.17) is 5.73 Å². The van der Waals surface area contributed by atoms with E-state index >= 15 is 0 Å². The van der Waals surface area contributed by atoms with Crippen molar-refractivity contribution in [1.82, 2.24) is 9.78 Å². The van der Waals surface area contributed by atoms with E-state index in [9.17, 15) is 0 Å². The average Bonchev–Trinajstić information content (AvgIpc) is 2.68. The first kappa shape index (κ1) is 10.1. The number of hydrogen-bond acceptors (Lipinski definition) is 3. The van der Waals surface area contributed by atoms with E-state index in [2.05, 4.69) is 15.8 Å². The fourth-order valence-electron chi connectivity index (χ4n) is 1.95. The van der Waals surface area contributed by atoms with Crippen molar-refractivity contribution in [2.75, 3.05) is 18.1 Å². The summed E-state index contributed by atoms with van der Waals surface area (Å²) in [6.45, 7) is 0.715. The smallest absolute Gasteiger partial charge is 0.0538 e. The molecule has 0 bridgehead atoms. The molecule has 0 spiro atoms. The van der Waals surface area contributed by atoms with Crippen molar-refractivity contribution in [2.24, 2.45) is 5.73 Å². The summed E-state index contributed by atoms with van der Waals surface area (Å²) in [7, 11) is 0. The van der Waals surface area contributed by atoms with E-state index in [-0.39, 0.29) is 0 Å². The third-order valence-electron chi connectivity index (χ3n) is 2.69. The van der Waals surface area contributed by atoms with E-state index in [0.717, 1.165) is 6.42 Å². The maximum Gasteiger partial charge on any atom is 0.0538 e. The highest BCUT2D eigenvalue weighted by molar-refractivity contribution is 7.99. The Hall–Kier alpha value is -0.480. The Morgan fingerprint density at radius 1 is 1.50 bits per heavy atom. The predicted molar refractivity (Wildman–Crippen MR) is 60.6 cm³/mol. The van der Waals surface area contributed by atoms with Gasteiger partial charge in [-0.15, -0.1) is 0 Å². The van der Waals surface area contributed by atoms with Crippen LogP contribution in [0.1, 0.15) is 24.6 Å². The Morgan fingerprint density at radius 3 is 3.00 bits per heavy atom. The van der Waals surface area contributed by atoms with Gasteiger partial charge >= 0.3 is 0 Å². The molecule has 0 aliphatic carbocycles. The highest BCUT2D eigenvalue weighted by Crippen LogP contribution is 2.27. The topological polar surface area (TPSA) is 43.8 Å². The van der Waals surface area contributed by atoms with Gasteiger partial charge in [-0.25, -0.2) is 0 Å². The fraction of sp³-hybridized carbons (Fsp3) is 0.700. The molecule has 1 fully saturated rings. The minimum atomic E-state index is 0.618. The first-order chi connectivity index (χ1) is 6.92. The maximum absolute atomic E-state index is 5.57. The molecule has 0 saturated carbocycles. The molecular weight excluding hydrogens is 194 g/mol. The number of nitrogens with two attached hydrogens (primary N) is 1. The summed E-state index contributed by atoms with van der Waals surface area (Å²) in [5.41, 5.74) is 6.87. The molecule has 2 heterocycles. The quantitative estimate of drug-likeness (QED) is 0.823. The number of aromatic nitrogens is 2. The third-order valence-corrected chi connectivity index (χ3v) is 3.74. The summed E-state index contributed by atoms with van der Waals surface area (Å²) in [5.74, 6) is 2.54. The maximum atomic E-state index is 5.57. The molecule has 1 aromatic rings. The van der Waals surface area contributed by atoms with Crippen LogP contribution in [0.5, 0.6) is 0 Å². The molecule has 4 heteroatoms. The van der Waals surface area contributed by atoms with Crippen LogP contribution in [0.2, 0.25) is 0 Å². The molecule has 0 radical (unpaired) electrons. The van der Waals surface area contributed by atoms with E-state index in [0.29, 0.717) is 12.6 Å². The fourth-order valence-corrected chi connectivity index (χ4v) is 3.03. The molecule has 0 amide bonds. The van der Waals surface area contributed by atoms with Gasteiger partial charge in [0.1, 0.15) is 0 Å². The monoisotopic (exact) mass is 211 g/mol. The zero-order valence-corrected chi connectivity index (χ0v) is 9.17. The van der Waals surface area contributed by atoms with Crippen LogP contribution in [0.3, 0.4) is 0 Å². The van der Waals surface area contributed by atoms with Gasteiger partial charge in [-0.1, -0.05) is 0 Å². The van der Waals surface area contributed by atoms with Crippen LogP contribution in [-0.2, 0) is 6.42 Å². The van der Waals surface area contributed by atoms with Crippen LogP contribution in [0, 0.1) is 0 Å². The minimum Gasteiger partial charge on any atom is -0.330 e. The molecule has 0 aromatic carbocycles. The normalized spacial score (nSPS) is 18.6. The molecular formula is C10H17N3S. The van der Waals surface area contributed by atoms with Crippen LogP contribution in [0.15, 0.2) is 12.3 Å². The molecule has 1 saturated heterocycles. The first-order valence-electron chi connectivity index (χ1n) is 5.22. The van der Waals surface area contributed by atoms with Gasteiger partial charge in [0.05, 0.1) is 6.04 Å². The number of rotatable bonds is 3. The van der Waals surface area contributed by atoms with Gasteiger partial charge in [-0.05, 0) is 37.0 Å². The molecule has 3 nitrogen and oxygen atoms in total. The highest BCUT2D eigenvalue weighted by atomic mass is 32.2. The summed E-state index contributed by atoms with van der Waals surface area (Å²) < 4.78 is 2.19. The van der Waals surface area contributed by atoms with Crippen molar-refractivity contribution >= 4 is 11.8 Å². The molecule has 1 aromatic heterocycles. The standard InChI is InChI=1S/C10H17N3S/c11-5-1-9-2-6-12-13(9)10-3-7-14-8-4-10/h2,6,10H,1,3-5,7-8,11H2. The Labute approximate surface area is 89.1 Å². The molecule has 78 valence electrons. The van der Waals surface area contributed by atoms with E-state index in [1.54, 1.807) is 0 Å². The third kappa shape index (κ3) is 2.12. The second-order valence-electron chi connectivity index (χ2n) is 3.65. The average molecular weight is 211 g/mol. The molecule has 0 atom stereocenters. The van der Waals surface area contributed by atoms with Gasteiger partial charge in [-0.2, -0.15) is 16.9 Å². The summed E-state index contributed by atoms with van der Waals surface area (Å²) in [5, 5.41) is 4.41. The van der Waals surface area contributed by atoms with Crippen molar-refractivity contribution in [3.05, 3.63) is 18.0 Å². The summed E-state index contributed by atoms with van der Waals surface area (Å²) >= 11 is 2.05. The van der Waals surface area contributed by atoms with Crippen molar-refractivity contribution in [3.63, 3.8) is 0 Å². The lowest BCUT2D eigenvalue weighted by Crippen LogP contribution is -2.19. The SMILES string of the molecule is NCCc1ccnn1C1CCSCC1. The zero-order chi connectivity index (χ0) is 9.80.